The molecule has 0 saturated heterocycles. The minimum atomic E-state index is -0.190. The van der Waals surface area contributed by atoms with Crippen LogP contribution in [-0.2, 0) is 4.79 Å². The van der Waals surface area contributed by atoms with Crippen LogP contribution < -0.4 is 5.32 Å². The first-order valence-corrected chi connectivity index (χ1v) is 2.87. The average molecular weight is 149 g/mol. The van der Waals surface area contributed by atoms with Gasteiger partial charge < -0.3 is 5.32 Å². The fraction of sp³-hybridized carbons (Fsp3) is 0.250. The fourth-order valence-corrected chi connectivity index (χ4v) is 0.424. The van der Waals surface area contributed by atoms with E-state index in [4.69, 9.17) is 0 Å². The van der Waals surface area contributed by atoms with Gasteiger partial charge in [0.2, 0.25) is 5.91 Å². The first-order valence-electron chi connectivity index (χ1n) is 1.98. The van der Waals surface area contributed by atoms with Crippen molar-refractivity contribution < 1.29 is 4.79 Å². The van der Waals surface area contributed by atoms with E-state index in [0.717, 1.165) is 0 Å². The van der Waals surface area contributed by atoms with Gasteiger partial charge >= 0.3 is 0 Å². The molecular formula is C4H7NOS2. The Morgan fingerprint density at radius 2 is 2.12 bits per heavy atom. The SMILES string of the molecule is CNC(=O)C=C(S)S. The molecule has 0 fully saturated rings. The van der Waals surface area contributed by atoms with Gasteiger partial charge in [-0.25, -0.2) is 0 Å². The van der Waals surface area contributed by atoms with Crippen LogP contribution in [0.15, 0.2) is 10.3 Å². The molecule has 0 saturated carbocycles. The number of thiol groups is 2. The topological polar surface area (TPSA) is 29.1 Å². The first kappa shape index (κ1) is 7.91. The highest BCUT2D eigenvalue weighted by atomic mass is 32.2. The molecule has 0 aliphatic carbocycles. The highest BCUT2D eigenvalue weighted by Crippen LogP contribution is 2.02. The lowest BCUT2D eigenvalue weighted by Crippen LogP contribution is -2.14. The second-order valence-electron chi connectivity index (χ2n) is 1.12. The maximum Gasteiger partial charge on any atom is 0.245 e. The van der Waals surface area contributed by atoms with Crippen molar-refractivity contribution >= 4 is 31.2 Å². The van der Waals surface area contributed by atoms with Gasteiger partial charge in [0.1, 0.15) is 0 Å². The summed E-state index contributed by atoms with van der Waals surface area (Å²) in [7, 11) is 1.54. The number of rotatable bonds is 1. The quantitative estimate of drug-likeness (QED) is 0.366. The van der Waals surface area contributed by atoms with Gasteiger partial charge in [0.15, 0.2) is 0 Å². The molecule has 0 aliphatic rings. The molecule has 0 spiro atoms. The summed E-state index contributed by atoms with van der Waals surface area (Å²) >= 11 is 7.51. The summed E-state index contributed by atoms with van der Waals surface area (Å²) in [5, 5.41) is 2.38. The van der Waals surface area contributed by atoms with Crippen LogP contribution in [0.5, 0.6) is 0 Å². The van der Waals surface area contributed by atoms with Crippen molar-refractivity contribution in [3.63, 3.8) is 0 Å². The predicted octanol–water partition coefficient (Wildman–Crippen LogP) is 0.433. The van der Waals surface area contributed by atoms with Crippen LogP contribution in [0.4, 0.5) is 0 Å². The van der Waals surface area contributed by atoms with E-state index < -0.39 is 0 Å². The van der Waals surface area contributed by atoms with Crippen molar-refractivity contribution in [2.24, 2.45) is 0 Å². The van der Waals surface area contributed by atoms with Crippen LogP contribution in [0.1, 0.15) is 0 Å². The molecule has 1 N–H and O–H groups in total. The minimum Gasteiger partial charge on any atom is -0.356 e. The molecule has 0 aliphatic heterocycles. The van der Waals surface area contributed by atoms with Crippen LogP contribution in [0.2, 0.25) is 0 Å². The Labute approximate surface area is 59.2 Å². The van der Waals surface area contributed by atoms with Crippen molar-refractivity contribution in [3.05, 3.63) is 10.3 Å². The molecule has 1 amide bonds. The summed E-state index contributed by atoms with van der Waals surface area (Å²) < 4.78 is 0.407. The molecule has 0 heterocycles. The number of hydrogen-bond donors (Lipinski definition) is 3. The number of nitrogens with one attached hydrogen (secondary N) is 1. The van der Waals surface area contributed by atoms with Gasteiger partial charge in [-0.2, -0.15) is 0 Å². The summed E-state index contributed by atoms with van der Waals surface area (Å²) in [6.45, 7) is 0. The Bertz CT molecular complexity index is 117. The highest BCUT2D eigenvalue weighted by molar-refractivity contribution is 8.05. The van der Waals surface area contributed by atoms with Gasteiger partial charge in [-0.3, -0.25) is 4.79 Å². The first-order chi connectivity index (χ1) is 3.66. The Kier molecular flexibility index (Phi) is 3.81. The molecule has 0 radical (unpaired) electrons. The molecule has 8 heavy (non-hydrogen) atoms. The Hall–Kier alpha value is -0.0900. The summed E-state index contributed by atoms with van der Waals surface area (Å²) in [5.41, 5.74) is 0. The smallest absolute Gasteiger partial charge is 0.245 e. The molecule has 4 heteroatoms. The minimum absolute atomic E-state index is 0.190. The lowest BCUT2D eigenvalue weighted by Gasteiger charge is -1.88. The van der Waals surface area contributed by atoms with Gasteiger partial charge in [0, 0.05) is 17.4 Å². The summed E-state index contributed by atoms with van der Waals surface area (Å²) in [6.07, 6.45) is 1.28. The van der Waals surface area contributed by atoms with Crippen LogP contribution in [0, 0.1) is 0 Å². The van der Waals surface area contributed by atoms with E-state index in [1.807, 2.05) is 0 Å². The number of carbonyl (C=O) groups excluding carboxylic acids is 1. The molecule has 0 unspecified atom stereocenters. The molecular weight excluding hydrogens is 142 g/mol. The van der Waals surface area contributed by atoms with Gasteiger partial charge in [0.05, 0.1) is 0 Å². The molecule has 0 aromatic carbocycles. The van der Waals surface area contributed by atoms with Crippen molar-refractivity contribution in [2.75, 3.05) is 7.05 Å². The van der Waals surface area contributed by atoms with E-state index in [1.54, 1.807) is 7.05 Å². The van der Waals surface area contributed by atoms with E-state index in [1.165, 1.54) is 6.08 Å². The third-order valence-electron chi connectivity index (χ3n) is 0.507. The van der Waals surface area contributed by atoms with Crippen LogP contribution in [0.25, 0.3) is 0 Å². The van der Waals surface area contributed by atoms with Gasteiger partial charge in [-0.05, 0) is 0 Å². The standard InChI is InChI=1S/C4H7NOS2/c1-5-3(6)2-4(7)8/h2,7-8H,1H3,(H,5,6). The predicted molar refractivity (Wildman–Crippen MR) is 40.1 cm³/mol. The van der Waals surface area contributed by atoms with Crippen LogP contribution in [0.3, 0.4) is 0 Å². The third kappa shape index (κ3) is 4.08. The maximum atomic E-state index is 10.3. The van der Waals surface area contributed by atoms with E-state index in [-0.39, 0.29) is 5.91 Å². The fourth-order valence-electron chi connectivity index (χ4n) is 0.189. The van der Waals surface area contributed by atoms with E-state index in [2.05, 4.69) is 30.6 Å². The summed E-state index contributed by atoms with van der Waals surface area (Å²) in [6, 6.07) is 0. The number of hydrogen-bond acceptors (Lipinski definition) is 3. The largest absolute Gasteiger partial charge is 0.356 e. The van der Waals surface area contributed by atoms with Crippen LogP contribution >= 0.6 is 25.3 Å². The normalized spacial score (nSPS) is 7.88. The Morgan fingerprint density at radius 3 is 2.25 bits per heavy atom. The van der Waals surface area contributed by atoms with Gasteiger partial charge in [0.25, 0.3) is 0 Å². The zero-order valence-electron chi connectivity index (χ0n) is 4.38. The van der Waals surface area contributed by atoms with E-state index in [9.17, 15) is 4.79 Å². The van der Waals surface area contributed by atoms with E-state index >= 15 is 0 Å². The van der Waals surface area contributed by atoms with Crippen molar-refractivity contribution in [3.8, 4) is 0 Å². The Balaban J connectivity index is 3.70. The zero-order chi connectivity index (χ0) is 6.57. The molecule has 0 aromatic rings. The number of likely N-dealkylation sites (N-methyl/N-ethyl adjacent to an activating group) is 1. The second kappa shape index (κ2) is 3.86. The average Bonchev–Trinajstić information content (AvgIpc) is 1.65. The maximum absolute atomic E-state index is 10.3. The van der Waals surface area contributed by atoms with Crippen LogP contribution in [-0.4, -0.2) is 13.0 Å². The van der Waals surface area contributed by atoms with Crippen molar-refractivity contribution in [1.82, 2.24) is 5.32 Å². The van der Waals surface area contributed by atoms with Gasteiger partial charge in [-0.15, -0.1) is 25.3 Å². The highest BCUT2D eigenvalue weighted by Gasteiger charge is 1.87. The molecule has 2 nitrogen and oxygen atoms in total. The molecule has 46 valence electrons. The number of carbonyl (C=O) groups is 1. The summed E-state index contributed by atoms with van der Waals surface area (Å²) in [4.78, 5) is 10.3. The van der Waals surface area contributed by atoms with Crippen molar-refractivity contribution in [2.45, 2.75) is 0 Å². The zero-order valence-corrected chi connectivity index (χ0v) is 6.17. The van der Waals surface area contributed by atoms with Gasteiger partial charge in [-0.1, -0.05) is 0 Å². The molecule has 0 aromatic heterocycles. The Morgan fingerprint density at radius 1 is 1.62 bits per heavy atom. The lowest BCUT2D eigenvalue weighted by molar-refractivity contribution is -0.116. The second-order valence-corrected chi connectivity index (χ2v) is 2.43. The van der Waals surface area contributed by atoms with E-state index in [0.29, 0.717) is 4.24 Å². The lowest BCUT2D eigenvalue weighted by atomic mass is 10.6. The van der Waals surface area contributed by atoms with Crippen molar-refractivity contribution in [1.29, 1.82) is 0 Å². The molecule has 0 bridgehead atoms. The molecule has 0 rings (SSSR count). The summed E-state index contributed by atoms with van der Waals surface area (Å²) in [5.74, 6) is -0.190. The molecule has 0 atom stereocenters. The number of amides is 1. The third-order valence-corrected chi connectivity index (χ3v) is 0.765. The monoisotopic (exact) mass is 149 g/mol.